The first kappa shape index (κ1) is 50.7. The summed E-state index contributed by atoms with van der Waals surface area (Å²) in [5, 5.41) is 12.6. The first-order valence-corrected chi connectivity index (χ1v) is 23.6. The predicted molar refractivity (Wildman–Crippen MR) is 259 cm³/mol. The van der Waals surface area contributed by atoms with Crippen LogP contribution in [0.5, 0.6) is 0 Å². The number of benzene rings is 6. The molecule has 70 heavy (non-hydrogen) atoms. The highest BCUT2D eigenvalue weighted by Gasteiger charge is 2.54. The van der Waals surface area contributed by atoms with Gasteiger partial charge in [-0.25, -0.2) is 4.79 Å². The highest BCUT2D eigenvalue weighted by molar-refractivity contribution is 5.89. The summed E-state index contributed by atoms with van der Waals surface area (Å²) in [7, 11) is 2.88. The third kappa shape index (κ3) is 14.2. The number of ether oxygens (including phenoxy) is 11. The molecule has 0 saturated carbocycles. The van der Waals surface area contributed by atoms with E-state index in [0.29, 0.717) is 17.7 Å². The molecule has 13 heteroatoms. The fraction of sp³-hybridized carbons (Fsp3) is 0.351. The zero-order chi connectivity index (χ0) is 48.3. The van der Waals surface area contributed by atoms with Gasteiger partial charge in [0.15, 0.2) is 12.6 Å². The highest BCUT2D eigenvalue weighted by Crippen LogP contribution is 2.36. The largest absolute Gasteiger partial charge is 0.465 e. The molecule has 1 N–H and O–H groups in total. The minimum atomic E-state index is -1.40. The van der Waals surface area contributed by atoms with Crippen molar-refractivity contribution in [2.45, 2.75) is 101 Å². The van der Waals surface area contributed by atoms with Crippen LogP contribution in [0.15, 0.2) is 176 Å². The Bertz CT molecular complexity index is 2410. The van der Waals surface area contributed by atoms with Crippen molar-refractivity contribution in [1.29, 1.82) is 0 Å². The van der Waals surface area contributed by atoms with E-state index in [1.54, 1.807) is 25.3 Å². The lowest BCUT2D eigenvalue weighted by molar-refractivity contribution is -0.372. The lowest BCUT2D eigenvalue weighted by Gasteiger charge is -2.49. The van der Waals surface area contributed by atoms with Gasteiger partial charge in [-0.05, 0) is 45.5 Å². The zero-order valence-electron chi connectivity index (χ0n) is 39.5. The Hall–Kier alpha value is -5.65. The summed E-state index contributed by atoms with van der Waals surface area (Å²) in [5.41, 5.74) is 5.76. The number of esters is 1. The molecular weight excluding hydrogens is 893 g/mol. The normalized spacial score (nSPS) is 24.5. The average Bonchev–Trinajstić information content (AvgIpc) is 3.41. The van der Waals surface area contributed by atoms with Crippen LogP contribution in [-0.4, -0.2) is 99.9 Å². The summed E-state index contributed by atoms with van der Waals surface area (Å²) in [5.74, 6) is -0.478. The van der Waals surface area contributed by atoms with Crippen molar-refractivity contribution in [2.24, 2.45) is 0 Å². The molecule has 0 radical (unpaired) electrons. The molecule has 2 fully saturated rings. The molecule has 13 nitrogen and oxygen atoms in total. The van der Waals surface area contributed by atoms with Crippen LogP contribution >= 0.6 is 0 Å². The van der Waals surface area contributed by atoms with Crippen LogP contribution in [0.4, 0.5) is 0 Å². The van der Waals surface area contributed by atoms with Gasteiger partial charge in [-0.2, -0.15) is 0 Å². The van der Waals surface area contributed by atoms with Gasteiger partial charge in [0.1, 0.15) is 48.8 Å². The SMILES string of the molecule is COC(=O)c1cccc(CO[C@@H]2[C@@H](OCc3ccccc3)[C@@H](OC)O[C@H](COCc3ccccc3)[C@H]2O[C@H]2O[C@H](COCc3ccccc3)[C@@H](OCc3ccccc3)[C@H](OCc3ccccc3)[C@H]2O)c1. The summed E-state index contributed by atoms with van der Waals surface area (Å²) in [4.78, 5) is 12.6. The Balaban J connectivity index is 1.14. The van der Waals surface area contributed by atoms with Crippen LogP contribution in [0.25, 0.3) is 0 Å². The molecule has 368 valence electrons. The monoisotopic (exact) mass is 954 g/mol. The van der Waals surface area contributed by atoms with Gasteiger partial charge in [-0.15, -0.1) is 0 Å². The van der Waals surface area contributed by atoms with Gasteiger partial charge in [-0.1, -0.05) is 164 Å². The molecule has 6 aromatic rings. The molecule has 2 saturated heterocycles. The summed E-state index contributed by atoms with van der Waals surface area (Å²) < 4.78 is 71.5. The average molecular weight is 955 g/mol. The van der Waals surface area contributed by atoms with Crippen LogP contribution in [0.2, 0.25) is 0 Å². The Morgan fingerprint density at radius 1 is 0.443 bits per heavy atom. The molecule has 2 aliphatic rings. The Morgan fingerprint density at radius 2 is 0.843 bits per heavy atom. The van der Waals surface area contributed by atoms with Crippen molar-refractivity contribution >= 4 is 5.97 Å². The first-order valence-electron chi connectivity index (χ1n) is 23.6. The maximum Gasteiger partial charge on any atom is 0.337 e. The third-order valence-electron chi connectivity index (χ3n) is 12.2. The molecule has 0 bridgehead atoms. The molecule has 0 unspecified atom stereocenters. The number of aliphatic hydroxyl groups excluding tert-OH is 1. The van der Waals surface area contributed by atoms with Crippen LogP contribution in [0, 0.1) is 0 Å². The van der Waals surface area contributed by atoms with Crippen LogP contribution < -0.4 is 0 Å². The molecule has 6 aromatic carbocycles. The van der Waals surface area contributed by atoms with Crippen molar-refractivity contribution in [3.05, 3.63) is 215 Å². The van der Waals surface area contributed by atoms with Crippen molar-refractivity contribution in [3.63, 3.8) is 0 Å². The highest BCUT2D eigenvalue weighted by atomic mass is 16.8. The summed E-state index contributed by atoms with van der Waals surface area (Å²) in [6.07, 6.45) is -9.96. The minimum Gasteiger partial charge on any atom is -0.465 e. The maximum absolute atomic E-state index is 12.6. The van der Waals surface area contributed by atoms with Gasteiger partial charge in [0.25, 0.3) is 0 Å². The smallest absolute Gasteiger partial charge is 0.337 e. The lowest BCUT2D eigenvalue weighted by atomic mass is 9.96. The Morgan fingerprint density at radius 3 is 1.33 bits per heavy atom. The van der Waals surface area contributed by atoms with Gasteiger partial charge in [-0.3, -0.25) is 0 Å². The topological polar surface area (TPSA) is 139 Å². The van der Waals surface area contributed by atoms with E-state index in [1.165, 1.54) is 7.11 Å². The molecular formula is C57H62O13. The first-order chi connectivity index (χ1) is 34.4. The maximum atomic E-state index is 12.6. The number of methoxy groups -OCH3 is 2. The van der Waals surface area contributed by atoms with Crippen LogP contribution in [0.1, 0.15) is 43.7 Å². The second-order valence-electron chi connectivity index (χ2n) is 17.2. The van der Waals surface area contributed by atoms with E-state index in [1.807, 2.05) is 158 Å². The van der Waals surface area contributed by atoms with Crippen LogP contribution in [0.3, 0.4) is 0 Å². The van der Waals surface area contributed by atoms with E-state index >= 15 is 0 Å². The fourth-order valence-electron chi connectivity index (χ4n) is 8.55. The molecule has 0 aromatic heterocycles. The number of carbonyl (C=O) groups excluding carboxylic acids is 1. The minimum absolute atomic E-state index is 0.0246. The molecule has 8 rings (SSSR count). The number of aliphatic hydroxyl groups is 1. The molecule has 10 atom stereocenters. The quantitative estimate of drug-likeness (QED) is 0.0582. The second kappa shape index (κ2) is 26.5. The molecule has 0 aliphatic carbocycles. The van der Waals surface area contributed by atoms with Gasteiger partial charge in [0.2, 0.25) is 0 Å². The summed E-state index contributed by atoms with van der Waals surface area (Å²) >= 11 is 0. The standard InChI is InChI=1S/C57H62O13/c1-60-55(59)46-30-18-29-45(31-46)37-66-53-51(48(39-63-33-41-21-10-4-11-22-41)69-57(61-2)54(53)67-36-44-27-16-7-17-28-44)70-56-49(58)52(65-35-43-25-14-6-15-26-43)50(64-34-42-23-12-5-13-24-42)47(68-56)38-62-32-40-19-8-3-9-20-40/h3-31,47-54,56-58H,32-39H2,1-2H3/t47-,48-,49-,50-,51-,52-,53+,54-,56-,57+/m1/s1. The third-order valence-corrected chi connectivity index (χ3v) is 12.2. The molecule has 2 aliphatic heterocycles. The fourth-order valence-corrected chi connectivity index (χ4v) is 8.55. The van der Waals surface area contributed by atoms with Crippen molar-refractivity contribution in [3.8, 4) is 0 Å². The van der Waals surface area contributed by atoms with E-state index in [0.717, 1.165) is 27.8 Å². The molecule has 0 spiro atoms. The van der Waals surface area contributed by atoms with Gasteiger partial charge < -0.3 is 57.2 Å². The summed E-state index contributed by atoms with van der Waals surface area (Å²) in [6, 6.07) is 56.0. The molecule has 0 amide bonds. The Kier molecular flexibility index (Phi) is 19.2. The van der Waals surface area contributed by atoms with Crippen molar-refractivity contribution < 1.29 is 62.0 Å². The van der Waals surface area contributed by atoms with Gasteiger partial charge >= 0.3 is 5.97 Å². The van der Waals surface area contributed by atoms with Crippen molar-refractivity contribution in [1.82, 2.24) is 0 Å². The zero-order valence-corrected chi connectivity index (χ0v) is 39.5. The van der Waals surface area contributed by atoms with Gasteiger partial charge in [0.05, 0.1) is 65.5 Å². The van der Waals surface area contributed by atoms with E-state index in [4.69, 9.17) is 52.1 Å². The number of rotatable bonds is 24. The number of hydrogen-bond donors (Lipinski definition) is 1. The summed E-state index contributed by atoms with van der Waals surface area (Å²) in [6.45, 7) is 1.29. The number of hydrogen-bond acceptors (Lipinski definition) is 13. The lowest BCUT2D eigenvalue weighted by Crippen LogP contribution is -2.66. The predicted octanol–water partition coefficient (Wildman–Crippen LogP) is 8.39. The van der Waals surface area contributed by atoms with E-state index < -0.39 is 67.4 Å². The van der Waals surface area contributed by atoms with Crippen molar-refractivity contribution in [2.75, 3.05) is 27.4 Å². The van der Waals surface area contributed by atoms with E-state index in [9.17, 15) is 9.90 Å². The second-order valence-corrected chi connectivity index (χ2v) is 17.2. The van der Waals surface area contributed by atoms with Gasteiger partial charge in [0, 0.05) is 7.11 Å². The Labute approximate surface area is 410 Å². The van der Waals surface area contributed by atoms with Crippen LogP contribution in [-0.2, 0) is 91.7 Å². The molecule has 2 heterocycles. The van der Waals surface area contributed by atoms with E-state index in [-0.39, 0.29) is 46.2 Å². The number of carbonyl (C=O) groups is 1. The van der Waals surface area contributed by atoms with E-state index in [2.05, 4.69) is 0 Å².